The van der Waals surface area contributed by atoms with E-state index in [0.717, 1.165) is 28.0 Å². The first-order valence-corrected chi connectivity index (χ1v) is 12.5. The quantitative estimate of drug-likeness (QED) is 0.158. The van der Waals surface area contributed by atoms with Gasteiger partial charge in [0.25, 0.3) is 5.91 Å². The van der Waals surface area contributed by atoms with Gasteiger partial charge in [0.1, 0.15) is 15.7 Å². The van der Waals surface area contributed by atoms with Crippen molar-refractivity contribution in [3.63, 3.8) is 0 Å². The van der Waals surface area contributed by atoms with Crippen molar-refractivity contribution in [2.45, 2.75) is 36.7 Å². The van der Waals surface area contributed by atoms with Crippen LogP contribution in [0.4, 0.5) is 5.13 Å². The number of allylic oxidation sites excluding steroid dienone is 1. The number of carbonyl (C=O) groups excluding carboxylic acids is 2. The van der Waals surface area contributed by atoms with Crippen LogP contribution in [0, 0.1) is 0 Å². The monoisotopic (exact) mass is 578 g/mol. The van der Waals surface area contributed by atoms with Crippen LogP contribution in [0.25, 0.3) is 0 Å². The molecule has 16 heteroatoms. The first-order valence-electron chi connectivity index (χ1n) is 9.71. The molecular weight excluding hydrogens is 563 g/mol. The summed E-state index contributed by atoms with van der Waals surface area (Å²) in [6.45, 7) is 1.58. The van der Waals surface area contributed by atoms with Gasteiger partial charge in [0.05, 0.1) is 21.0 Å². The van der Waals surface area contributed by atoms with Crippen LogP contribution in [0.2, 0.25) is 14.4 Å². The number of aliphatic carboxylic acids is 1. The molecule has 2 atom stereocenters. The van der Waals surface area contributed by atoms with E-state index < -0.39 is 29.7 Å². The number of hydrogen-bond donors (Lipinski definition) is 4. The fourth-order valence-electron chi connectivity index (χ4n) is 3.44. The highest BCUT2D eigenvalue weighted by Crippen LogP contribution is 2.42. The van der Waals surface area contributed by atoms with E-state index in [1.807, 2.05) is 0 Å². The molecule has 2 aromatic heterocycles. The number of pyridine rings is 1. The van der Waals surface area contributed by atoms with Crippen LogP contribution < -0.4 is 11.1 Å². The number of aromatic nitrogens is 2. The summed E-state index contributed by atoms with van der Waals surface area (Å²) in [7, 11) is 0. The number of nitrogens with two attached hydrogens (primary N) is 1. The number of carbonyl (C=O) groups is 3. The number of thioether (sulfide) groups is 1. The standard InChI is InChI=1S/C19H17Cl3N6O5S2/c1-7(25-17(30)14(27-33)13-16(22)35-19(23)26-13)9-2-3-10(15(18(31)32)28(9)6-29)34-11-5-24-4-8(20)12(11)21/h4-7,9,33H,2-3H2,1H3,(H2,23,26)(H,25,30)(H,31,32)/b27-14-. The molecule has 2 amide bonds. The number of rotatable bonds is 8. The van der Waals surface area contributed by atoms with Crippen molar-refractivity contribution >= 4 is 87.0 Å². The molecule has 186 valence electrons. The molecule has 0 spiro atoms. The first-order chi connectivity index (χ1) is 16.6. The minimum Gasteiger partial charge on any atom is -0.477 e. The third-order valence-electron chi connectivity index (χ3n) is 4.98. The van der Waals surface area contributed by atoms with Crippen LogP contribution in [-0.4, -0.2) is 61.3 Å². The van der Waals surface area contributed by atoms with Crippen LogP contribution in [0.1, 0.15) is 25.5 Å². The Morgan fingerprint density at radius 3 is 2.69 bits per heavy atom. The number of oxime groups is 1. The van der Waals surface area contributed by atoms with Crippen LogP contribution in [-0.2, 0) is 14.4 Å². The van der Waals surface area contributed by atoms with Gasteiger partial charge in [0, 0.05) is 23.3 Å². The summed E-state index contributed by atoms with van der Waals surface area (Å²) in [6, 6.07) is -1.48. The zero-order valence-electron chi connectivity index (χ0n) is 17.7. The van der Waals surface area contributed by atoms with Crippen molar-refractivity contribution in [3.8, 4) is 0 Å². The van der Waals surface area contributed by atoms with E-state index in [9.17, 15) is 24.7 Å². The second kappa shape index (κ2) is 11.4. The van der Waals surface area contributed by atoms with Crippen molar-refractivity contribution in [3.05, 3.63) is 43.1 Å². The molecular formula is C19H17Cl3N6O5S2. The third-order valence-corrected chi connectivity index (χ3v) is 8.14. The molecule has 0 aliphatic carbocycles. The Morgan fingerprint density at radius 2 is 2.11 bits per heavy atom. The number of nitrogens with zero attached hydrogens (tertiary/aromatic N) is 4. The van der Waals surface area contributed by atoms with Crippen LogP contribution in [0.3, 0.4) is 0 Å². The van der Waals surface area contributed by atoms with Crippen LogP contribution in [0.15, 0.2) is 33.0 Å². The number of nitrogens with one attached hydrogen (secondary N) is 1. The van der Waals surface area contributed by atoms with Gasteiger partial charge in [0.2, 0.25) is 6.41 Å². The topological polar surface area (TPSA) is 171 Å². The van der Waals surface area contributed by atoms with Crippen LogP contribution in [0.5, 0.6) is 0 Å². The average Bonchev–Trinajstić information content (AvgIpc) is 3.13. The van der Waals surface area contributed by atoms with Gasteiger partial charge in [-0.05, 0) is 19.8 Å². The van der Waals surface area contributed by atoms with Gasteiger partial charge in [0.15, 0.2) is 10.8 Å². The highest BCUT2D eigenvalue weighted by molar-refractivity contribution is 8.03. The van der Waals surface area contributed by atoms with Gasteiger partial charge in [-0.3, -0.25) is 14.6 Å². The molecule has 2 unspecified atom stereocenters. The zero-order valence-corrected chi connectivity index (χ0v) is 21.6. The van der Waals surface area contributed by atoms with Crippen molar-refractivity contribution in [2.24, 2.45) is 5.16 Å². The Hall–Kier alpha value is -2.58. The molecule has 0 bridgehead atoms. The number of hydrogen-bond acceptors (Lipinski definition) is 10. The molecule has 3 heterocycles. The zero-order chi connectivity index (χ0) is 25.9. The van der Waals surface area contributed by atoms with Gasteiger partial charge in [-0.25, -0.2) is 9.78 Å². The number of anilines is 1. The fraction of sp³-hybridized carbons (Fsp3) is 0.263. The van der Waals surface area contributed by atoms with Crippen molar-refractivity contribution in [1.29, 1.82) is 0 Å². The SMILES string of the molecule is CC(NC(=O)/C(=N\O)c1nc(N)sc1Cl)C1CCC(Sc2cncc(Cl)c2Cl)=C(C(=O)O)N1C=O. The summed E-state index contributed by atoms with van der Waals surface area (Å²) in [5.41, 5.74) is 4.75. The molecule has 1 aliphatic heterocycles. The summed E-state index contributed by atoms with van der Waals surface area (Å²) < 4.78 is 0.0530. The largest absolute Gasteiger partial charge is 0.477 e. The second-order valence-corrected chi connectivity index (χ2v) is 10.7. The van der Waals surface area contributed by atoms with Gasteiger partial charge < -0.3 is 26.3 Å². The molecule has 11 nitrogen and oxygen atoms in total. The number of thiazole rings is 1. The average molecular weight is 580 g/mol. The maximum absolute atomic E-state index is 12.8. The Balaban J connectivity index is 1.86. The maximum Gasteiger partial charge on any atom is 0.353 e. The smallest absolute Gasteiger partial charge is 0.353 e. The van der Waals surface area contributed by atoms with E-state index in [0.29, 0.717) is 22.6 Å². The lowest BCUT2D eigenvalue weighted by Crippen LogP contribution is -2.53. The van der Waals surface area contributed by atoms with E-state index in [4.69, 9.17) is 40.5 Å². The number of halogens is 3. The molecule has 5 N–H and O–H groups in total. The molecule has 2 aromatic rings. The summed E-state index contributed by atoms with van der Waals surface area (Å²) in [6.07, 6.45) is 3.75. The third kappa shape index (κ3) is 5.81. The molecule has 1 aliphatic rings. The highest BCUT2D eigenvalue weighted by Gasteiger charge is 2.37. The lowest BCUT2D eigenvalue weighted by molar-refractivity contribution is -0.138. The normalized spacial score (nSPS) is 17.3. The molecule has 0 saturated carbocycles. The summed E-state index contributed by atoms with van der Waals surface area (Å²) in [5, 5.41) is 25.3. The lowest BCUT2D eigenvalue weighted by Gasteiger charge is -2.38. The number of carboxylic acid groups (broad SMARTS) is 1. The predicted molar refractivity (Wildman–Crippen MR) is 133 cm³/mol. The number of amides is 2. The minimum absolute atomic E-state index is 0.0530. The van der Waals surface area contributed by atoms with E-state index in [-0.39, 0.29) is 37.3 Å². The predicted octanol–water partition coefficient (Wildman–Crippen LogP) is 3.47. The van der Waals surface area contributed by atoms with Gasteiger partial charge >= 0.3 is 5.97 Å². The number of nitrogen functional groups attached to an aromatic ring is 1. The Bertz CT molecular complexity index is 1240. The van der Waals surface area contributed by atoms with E-state index in [2.05, 4.69) is 20.4 Å². The van der Waals surface area contributed by atoms with Gasteiger partial charge in [-0.15, -0.1) is 0 Å². The lowest BCUT2D eigenvalue weighted by atomic mass is 9.97. The highest BCUT2D eigenvalue weighted by atomic mass is 35.5. The summed E-state index contributed by atoms with van der Waals surface area (Å²) >= 11 is 20.2. The van der Waals surface area contributed by atoms with Crippen molar-refractivity contribution in [2.75, 3.05) is 5.73 Å². The molecule has 3 rings (SSSR count). The maximum atomic E-state index is 12.8. The molecule has 0 saturated heterocycles. The molecule has 0 radical (unpaired) electrons. The first kappa shape index (κ1) is 27.0. The minimum atomic E-state index is -1.34. The van der Waals surface area contributed by atoms with E-state index >= 15 is 0 Å². The van der Waals surface area contributed by atoms with Crippen molar-refractivity contribution in [1.82, 2.24) is 20.2 Å². The molecule has 0 aromatic carbocycles. The molecule has 35 heavy (non-hydrogen) atoms. The second-order valence-electron chi connectivity index (χ2n) is 7.12. The van der Waals surface area contributed by atoms with Gasteiger partial charge in [-0.2, -0.15) is 0 Å². The summed E-state index contributed by atoms with van der Waals surface area (Å²) in [4.78, 5) is 46.6. The Kier molecular flexibility index (Phi) is 8.83. The van der Waals surface area contributed by atoms with Gasteiger partial charge in [-0.1, -0.05) is 63.1 Å². The fourth-order valence-corrected chi connectivity index (χ4v) is 5.88. The summed E-state index contributed by atoms with van der Waals surface area (Å²) in [5.74, 6) is -2.17. The number of carboxylic acids is 1. The van der Waals surface area contributed by atoms with Crippen molar-refractivity contribution < 1.29 is 24.7 Å². The van der Waals surface area contributed by atoms with E-state index in [1.165, 1.54) is 12.4 Å². The van der Waals surface area contributed by atoms with Crippen LogP contribution >= 0.6 is 57.9 Å². The Morgan fingerprint density at radius 1 is 1.40 bits per heavy atom. The molecule has 0 fully saturated rings. The Labute approximate surface area is 221 Å². The van der Waals surface area contributed by atoms with E-state index in [1.54, 1.807) is 6.92 Å².